The molecule has 2 aromatic carbocycles. The molecule has 2 rings (SSSR count). The van der Waals surface area contributed by atoms with Crippen molar-refractivity contribution in [2.75, 3.05) is 20.1 Å². The molecule has 140 valence electrons. The first-order valence-corrected chi connectivity index (χ1v) is 9.37. The highest BCUT2D eigenvalue weighted by atomic mass is 16.2. The molecular formula is C22H31N3O. The smallest absolute Gasteiger partial charge is 0.317 e. The molecule has 0 aliphatic carbocycles. The lowest BCUT2D eigenvalue weighted by molar-refractivity contribution is 0.206. The second-order valence-corrected chi connectivity index (χ2v) is 6.72. The molecule has 0 radical (unpaired) electrons. The second kappa shape index (κ2) is 9.97. The van der Waals surface area contributed by atoms with Crippen LogP contribution in [0.15, 0.2) is 48.5 Å². The van der Waals surface area contributed by atoms with E-state index < -0.39 is 0 Å². The molecule has 2 amide bonds. The normalized spacial score (nSPS) is 10.8. The molecule has 0 aliphatic rings. The quantitative estimate of drug-likeness (QED) is 0.773. The van der Waals surface area contributed by atoms with E-state index in [0.717, 1.165) is 25.2 Å². The molecule has 0 spiro atoms. The number of urea groups is 1. The Morgan fingerprint density at radius 3 is 2.15 bits per heavy atom. The van der Waals surface area contributed by atoms with E-state index >= 15 is 0 Å². The molecule has 0 fully saturated rings. The summed E-state index contributed by atoms with van der Waals surface area (Å²) >= 11 is 0. The summed E-state index contributed by atoms with van der Waals surface area (Å²) in [5.41, 5.74) is 4.80. The van der Waals surface area contributed by atoms with Crippen LogP contribution in [0, 0.1) is 6.92 Å². The van der Waals surface area contributed by atoms with Gasteiger partial charge in [0.05, 0.1) is 0 Å². The molecule has 0 unspecified atom stereocenters. The lowest BCUT2D eigenvalue weighted by Crippen LogP contribution is -2.36. The Morgan fingerprint density at radius 2 is 1.54 bits per heavy atom. The van der Waals surface area contributed by atoms with Gasteiger partial charge in [-0.15, -0.1) is 0 Å². The molecule has 0 saturated carbocycles. The lowest BCUT2D eigenvalue weighted by atomic mass is 10.1. The second-order valence-electron chi connectivity index (χ2n) is 6.72. The van der Waals surface area contributed by atoms with Crippen molar-refractivity contribution in [3.8, 4) is 0 Å². The van der Waals surface area contributed by atoms with Crippen molar-refractivity contribution >= 4 is 6.03 Å². The number of nitrogens with one attached hydrogen (secondary N) is 1. The van der Waals surface area contributed by atoms with E-state index in [-0.39, 0.29) is 6.03 Å². The Morgan fingerprint density at radius 1 is 0.923 bits per heavy atom. The zero-order valence-corrected chi connectivity index (χ0v) is 16.5. The molecule has 0 atom stereocenters. The van der Waals surface area contributed by atoms with Crippen molar-refractivity contribution in [2.24, 2.45) is 0 Å². The number of hydrogen-bond donors (Lipinski definition) is 1. The van der Waals surface area contributed by atoms with E-state index in [4.69, 9.17) is 0 Å². The van der Waals surface area contributed by atoms with Gasteiger partial charge < -0.3 is 10.2 Å². The fourth-order valence-electron chi connectivity index (χ4n) is 2.90. The Balaban J connectivity index is 1.84. The van der Waals surface area contributed by atoms with Crippen LogP contribution < -0.4 is 5.32 Å². The minimum atomic E-state index is -0.0551. The number of hydrogen-bond acceptors (Lipinski definition) is 2. The van der Waals surface area contributed by atoms with Crippen molar-refractivity contribution in [3.63, 3.8) is 0 Å². The summed E-state index contributed by atoms with van der Waals surface area (Å²) in [6.45, 7) is 10.7. The third-order valence-electron chi connectivity index (χ3n) is 4.78. The van der Waals surface area contributed by atoms with E-state index in [9.17, 15) is 4.79 Å². The Hall–Kier alpha value is -2.33. The first-order valence-electron chi connectivity index (χ1n) is 9.37. The van der Waals surface area contributed by atoms with Crippen LogP contribution in [0.1, 0.15) is 36.1 Å². The van der Waals surface area contributed by atoms with E-state index in [1.165, 1.54) is 16.7 Å². The Labute approximate surface area is 157 Å². The van der Waals surface area contributed by atoms with Crippen molar-refractivity contribution in [2.45, 2.75) is 40.4 Å². The number of benzene rings is 2. The fraction of sp³-hybridized carbons (Fsp3) is 0.409. The molecule has 4 nitrogen and oxygen atoms in total. The number of rotatable bonds is 8. The maximum Gasteiger partial charge on any atom is 0.317 e. The fourth-order valence-corrected chi connectivity index (χ4v) is 2.90. The minimum Gasteiger partial charge on any atom is -0.334 e. The lowest BCUT2D eigenvalue weighted by Gasteiger charge is -2.20. The predicted molar refractivity (Wildman–Crippen MR) is 108 cm³/mol. The maximum atomic E-state index is 12.3. The number of amides is 2. The molecule has 0 heterocycles. The van der Waals surface area contributed by atoms with Gasteiger partial charge in [0.15, 0.2) is 0 Å². The van der Waals surface area contributed by atoms with Crippen LogP contribution in [0.5, 0.6) is 0 Å². The van der Waals surface area contributed by atoms with Crippen molar-refractivity contribution < 1.29 is 4.79 Å². The summed E-state index contributed by atoms with van der Waals surface area (Å²) in [6, 6.07) is 16.6. The highest BCUT2D eigenvalue weighted by Crippen LogP contribution is 2.10. The van der Waals surface area contributed by atoms with Gasteiger partial charge >= 0.3 is 6.03 Å². The highest BCUT2D eigenvalue weighted by molar-refractivity contribution is 5.73. The van der Waals surface area contributed by atoms with E-state index in [2.05, 4.69) is 67.4 Å². The largest absolute Gasteiger partial charge is 0.334 e. The molecule has 4 heteroatoms. The summed E-state index contributed by atoms with van der Waals surface area (Å²) < 4.78 is 0. The van der Waals surface area contributed by atoms with Gasteiger partial charge in [-0.1, -0.05) is 62.4 Å². The van der Waals surface area contributed by atoms with Crippen LogP contribution in [0.25, 0.3) is 0 Å². The van der Waals surface area contributed by atoms with Crippen LogP contribution >= 0.6 is 0 Å². The topological polar surface area (TPSA) is 35.6 Å². The summed E-state index contributed by atoms with van der Waals surface area (Å²) in [4.78, 5) is 16.4. The van der Waals surface area contributed by atoms with Crippen molar-refractivity contribution in [3.05, 3.63) is 70.8 Å². The first kappa shape index (κ1) is 20.0. The third-order valence-corrected chi connectivity index (χ3v) is 4.78. The van der Waals surface area contributed by atoms with Gasteiger partial charge in [0.2, 0.25) is 0 Å². The molecule has 26 heavy (non-hydrogen) atoms. The zero-order chi connectivity index (χ0) is 18.9. The molecule has 0 bridgehead atoms. The molecule has 2 aromatic rings. The molecule has 1 N–H and O–H groups in total. The number of carbonyl (C=O) groups excluding carboxylic acids is 1. The van der Waals surface area contributed by atoms with Gasteiger partial charge in [-0.3, -0.25) is 4.90 Å². The first-order chi connectivity index (χ1) is 12.5. The molecule has 0 saturated heterocycles. The van der Waals surface area contributed by atoms with Crippen LogP contribution in [0.3, 0.4) is 0 Å². The summed E-state index contributed by atoms with van der Waals surface area (Å²) in [5, 5.41) is 3.00. The molecule has 0 aromatic heterocycles. The van der Waals surface area contributed by atoms with E-state index in [0.29, 0.717) is 13.1 Å². The third kappa shape index (κ3) is 5.88. The minimum absolute atomic E-state index is 0.0551. The van der Waals surface area contributed by atoms with Crippen molar-refractivity contribution in [1.29, 1.82) is 0 Å². The predicted octanol–water partition coefficient (Wildman–Crippen LogP) is 4.18. The summed E-state index contributed by atoms with van der Waals surface area (Å²) in [6.07, 6.45) is 0. The number of nitrogens with zero attached hydrogens (tertiary/aromatic N) is 2. The van der Waals surface area contributed by atoms with Gasteiger partial charge in [-0.25, -0.2) is 4.79 Å². The van der Waals surface area contributed by atoms with E-state index in [1.54, 1.807) is 4.90 Å². The van der Waals surface area contributed by atoms with E-state index in [1.807, 2.05) is 19.2 Å². The highest BCUT2D eigenvalue weighted by Gasteiger charge is 2.10. The maximum absolute atomic E-state index is 12.3. The monoisotopic (exact) mass is 353 g/mol. The van der Waals surface area contributed by atoms with Crippen LogP contribution in [-0.4, -0.2) is 36.0 Å². The average Bonchev–Trinajstić information content (AvgIpc) is 2.66. The zero-order valence-electron chi connectivity index (χ0n) is 16.5. The van der Waals surface area contributed by atoms with Crippen LogP contribution in [0.2, 0.25) is 0 Å². The van der Waals surface area contributed by atoms with Crippen LogP contribution in [0.4, 0.5) is 4.79 Å². The standard InChI is InChI=1S/C22H31N3O/c1-5-25(6-2)16-20-13-11-19(12-14-20)15-23-22(26)24(4)17-21-10-8-7-9-18(21)3/h7-14H,5-6,15-17H2,1-4H3,(H,23,26). The van der Waals surface area contributed by atoms with Crippen LogP contribution in [-0.2, 0) is 19.6 Å². The van der Waals surface area contributed by atoms with Gasteiger partial charge in [0, 0.05) is 26.7 Å². The van der Waals surface area contributed by atoms with Gasteiger partial charge in [-0.2, -0.15) is 0 Å². The Kier molecular flexibility index (Phi) is 7.67. The van der Waals surface area contributed by atoms with Gasteiger partial charge in [-0.05, 0) is 42.3 Å². The molecule has 0 aliphatic heterocycles. The number of carbonyl (C=O) groups is 1. The SMILES string of the molecule is CCN(CC)Cc1ccc(CNC(=O)N(C)Cc2ccccc2C)cc1. The van der Waals surface area contributed by atoms with Crippen molar-refractivity contribution in [1.82, 2.24) is 15.1 Å². The Bertz CT molecular complexity index is 693. The van der Waals surface area contributed by atoms with Gasteiger partial charge in [0.25, 0.3) is 0 Å². The van der Waals surface area contributed by atoms with Gasteiger partial charge in [0.1, 0.15) is 0 Å². The summed E-state index contributed by atoms with van der Waals surface area (Å²) in [5.74, 6) is 0. The molecular weight excluding hydrogens is 322 g/mol. The average molecular weight is 354 g/mol. The summed E-state index contributed by atoms with van der Waals surface area (Å²) in [7, 11) is 1.83. The number of aryl methyl sites for hydroxylation is 1.